The lowest BCUT2D eigenvalue weighted by Gasteiger charge is -2.27. The van der Waals surface area contributed by atoms with Gasteiger partial charge in [-0.1, -0.05) is 45.9 Å². The van der Waals surface area contributed by atoms with Crippen LogP contribution in [0.25, 0.3) is 10.9 Å². The highest BCUT2D eigenvalue weighted by molar-refractivity contribution is 7.98. The van der Waals surface area contributed by atoms with Gasteiger partial charge in [-0.3, -0.25) is 52.7 Å². The summed E-state index contributed by atoms with van der Waals surface area (Å²) in [4.78, 5) is 169. The first-order valence-corrected chi connectivity index (χ1v) is 27.6. The zero-order valence-electron chi connectivity index (χ0n) is 47.1. The van der Waals surface area contributed by atoms with Crippen LogP contribution in [0, 0.1) is 17.8 Å². The third kappa shape index (κ3) is 23.6. The van der Waals surface area contributed by atoms with Gasteiger partial charge in [0.1, 0.15) is 53.9 Å². The number of imidazole rings is 1. The second-order valence-corrected chi connectivity index (χ2v) is 22.1. The maximum Gasteiger partial charge on any atom is 0.409 e. The van der Waals surface area contributed by atoms with Gasteiger partial charge in [-0.15, -0.1) is 0 Å². The second kappa shape index (κ2) is 32.1. The quantitative estimate of drug-likeness (QED) is 0.0241. The van der Waals surface area contributed by atoms with E-state index in [0.29, 0.717) is 27.9 Å². The van der Waals surface area contributed by atoms with Crippen molar-refractivity contribution in [2.75, 3.05) is 18.6 Å². The number of primary amides is 3. The Bertz CT molecular complexity index is 2690. The van der Waals surface area contributed by atoms with E-state index in [9.17, 15) is 57.5 Å². The van der Waals surface area contributed by atoms with Crippen LogP contribution < -0.4 is 65.1 Å². The van der Waals surface area contributed by atoms with Crippen molar-refractivity contribution >= 4 is 93.7 Å². The van der Waals surface area contributed by atoms with E-state index in [1.165, 1.54) is 31.2 Å². The molecule has 12 amide bonds. The summed E-state index contributed by atoms with van der Waals surface area (Å²) >= 11 is 1.41. The fourth-order valence-corrected chi connectivity index (χ4v) is 8.52. The van der Waals surface area contributed by atoms with Crippen molar-refractivity contribution in [2.45, 2.75) is 148 Å². The summed E-state index contributed by atoms with van der Waals surface area (Å²) in [5.74, 6) is -10.8. The normalized spacial score (nSPS) is 14.3. The number of alkyl carbamates (subject to hydrolysis) is 1. The molecule has 0 saturated heterocycles. The van der Waals surface area contributed by atoms with E-state index in [0.717, 1.165) is 0 Å². The Morgan fingerprint density at radius 3 is 1.88 bits per heavy atom. The predicted molar refractivity (Wildman–Crippen MR) is 298 cm³/mol. The maximum atomic E-state index is 14.3. The number of benzene rings is 1. The van der Waals surface area contributed by atoms with E-state index in [-0.39, 0.29) is 38.0 Å². The number of nitrogens with zero attached hydrogens (tertiary/aromatic N) is 1. The van der Waals surface area contributed by atoms with Crippen molar-refractivity contribution < 1.29 is 62.3 Å². The van der Waals surface area contributed by atoms with Gasteiger partial charge in [0.15, 0.2) is 0 Å². The Morgan fingerprint density at radius 2 is 1.28 bits per heavy atom. The Morgan fingerprint density at radius 1 is 0.667 bits per heavy atom. The third-order valence-electron chi connectivity index (χ3n) is 12.1. The lowest BCUT2D eigenvalue weighted by Crippen LogP contribution is -2.60. The van der Waals surface area contributed by atoms with E-state index in [1.807, 2.05) is 13.8 Å². The summed E-state index contributed by atoms with van der Waals surface area (Å²) in [7, 11) is 0. The van der Waals surface area contributed by atoms with Crippen LogP contribution in [-0.4, -0.2) is 153 Å². The van der Waals surface area contributed by atoms with Crippen LogP contribution in [0.3, 0.4) is 0 Å². The number of H-pyrrole nitrogens is 2. The Hall–Kier alpha value is -8.24. The van der Waals surface area contributed by atoms with Crippen molar-refractivity contribution in [2.24, 2.45) is 35.0 Å². The molecule has 0 radical (unpaired) electrons. The van der Waals surface area contributed by atoms with Gasteiger partial charge in [0, 0.05) is 48.3 Å². The highest BCUT2D eigenvalue weighted by Crippen LogP contribution is 2.20. The molecule has 0 fully saturated rings. The van der Waals surface area contributed by atoms with Gasteiger partial charge in [0.05, 0.1) is 19.3 Å². The SMILES string of the molecule is CSCCC(C(N)=O)C(=O)N[C@H](CC(C)C)C(=O)N[C@H](Cc1cnc[nH]1)C(=O)NCC(=O)N[C@@H](C(=O)N[C@@H](C)C(=O)N[C@H](Cc1c[nH]c2ccccc12)C(=O)N[C@H](CCC(N)=O)C(=O)N[C@H](CC(N)=O)NC(=O)OC(C)(C)C)C(C)C. The van der Waals surface area contributed by atoms with E-state index < -0.39 is 150 Å². The molecule has 81 heavy (non-hydrogen) atoms. The molecule has 1 unspecified atom stereocenters. The van der Waals surface area contributed by atoms with E-state index in [1.54, 1.807) is 71.3 Å². The standard InChI is InChI=1S/C52H79N15O13S/c1-26(2)18-35(63-45(73)32(43(55)71)16-17-81-9)48(76)64-37(20-30-23-56-25-59-30)46(74)58-24-41(70)67-42(27(3)4)50(78)60-28(5)44(72)62-36(19-29-22-57-33-13-11-10-12-31(29)33)49(77)61-34(14-15-38(53)68)47(75)65-40(21-39(54)69)66-51(79)80-52(6,7)8/h10-13,22-23,25-28,32,34-37,40,42,57H,14-21,24H2,1-9H3,(H2,53,68)(H2,54,69)(H2,55,71)(H,56,59)(H,58,74)(H,60,78)(H,61,77)(H,62,72)(H,63,73)(H,64,76)(H,65,75)(H,66,79)(H,67,70)/t28-,32?,34+,35+,36+,37+,40-,42+/m0/s1. The van der Waals surface area contributed by atoms with Crippen LogP contribution >= 0.6 is 11.8 Å². The molecule has 0 aliphatic rings. The largest absolute Gasteiger partial charge is 0.444 e. The average Bonchev–Trinajstić information content (AvgIpc) is 4.05. The van der Waals surface area contributed by atoms with Crippen molar-refractivity contribution in [1.82, 2.24) is 62.8 Å². The lowest BCUT2D eigenvalue weighted by atomic mass is 9.99. The van der Waals surface area contributed by atoms with Crippen molar-refractivity contribution in [1.29, 1.82) is 0 Å². The predicted octanol–water partition coefficient (Wildman–Crippen LogP) is -1.61. The van der Waals surface area contributed by atoms with E-state index in [4.69, 9.17) is 21.9 Å². The second-order valence-electron chi connectivity index (χ2n) is 21.1. The topological polar surface area (TPSA) is 445 Å². The van der Waals surface area contributed by atoms with Gasteiger partial charge < -0.3 is 79.8 Å². The molecule has 2 aromatic heterocycles. The van der Waals surface area contributed by atoms with Gasteiger partial charge >= 0.3 is 6.09 Å². The molecule has 3 rings (SSSR count). The fourth-order valence-electron chi connectivity index (χ4n) is 8.05. The third-order valence-corrected chi connectivity index (χ3v) is 12.8. The smallest absolute Gasteiger partial charge is 0.409 e. The monoisotopic (exact) mass is 1150 g/mol. The number of hydrogen-bond acceptors (Lipinski definition) is 15. The van der Waals surface area contributed by atoms with Gasteiger partial charge in [0.25, 0.3) is 0 Å². The molecule has 3 aromatic rings. The molecule has 0 bridgehead atoms. The number of hydrogen-bond donors (Lipinski definition) is 14. The van der Waals surface area contributed by atoms with Gasteiger partial charge in [-0.25, -0.2) is 9.78 Å². The number of amides is 12. The first-order chi connectivity index (χ1) is 38.0. The summed E-state index contributed by atoms with van der Waals surface area (Å²) in [6, 6.07) is -1.06. The van der Waals surface area contributed by atoms with Crippen molar-refractivity contribution in [3.05, 3.63) is 54.2 Å². The molecule has 17 N–H and O–H groups in total. The Balaban J connectivity index is 1.80. The molecule has 0 spiro atoms. The minimum Gasteiger partial charge on any atom is -0.444 e. The first kappa shape index (κ1) is 67.0. The van der Waals surface area contributed by atoms with Crippen LogP contribution in [0.5, 0.6) is 0 Å². The molecule has 8 atom stereocenters. The molecule has 0 saturated carbocycles. The minimum atomic E-state index is -1.54. The molecule has 2 heterocycles. The first-order valence-electron chi connectivity index (χ1n) is 26.2. The van der Waals surface area contributed by atoms with Gasteiger partial charge in [-0.05, 0) is 82.4 Å². The maximum absolute atomic E-state index is 14.3. The molecular weight excluding hydrogens is 1070 g/mol. The summed E-state index contributed by atoms with van der Waals surface area (Å²) in [5.41, 5.74) is 17.0. The minimum absolute atomic E-state index is 0.122. The molecule has 0 aliphatic heterocycles. The molecule has 1 aromatic carbocycles. The highest BCUT2D eigenvalue weighted by atomic mass is 32.2. The summed E-state index contributed by atoms with van der Waals surface area (Å²) in [6.07, 6.45) is 2.38. The number of nitrogens with one attached hydrogen (secondary N) is 11. The van der Waals surface area contributed by atoms with Crippen LogP contribution in [0.4, 0.5) is 4.79 Å². The summed E-state index contributed by atoms with van der Waals surface area (Å²) in [6.45, 7) is 12.2. The van der Waals surface area contributed by atoms with Crippen molar-refractivity contribution in [3.63, 3.8) is 0 Å². The number of ether oxygens (including phenoxy) is 1. The van der Waals surface area contributed by atoms with Crippen LogP contribution in [0.2, 0.25) is 0 Å². The number of nitrogens with two attached hydrogens (primary N) is 3. The molecule has 28 nitrogen and oxygen atoms in total. The van der Waals surface area contributed by atoms with E-state index >= 15 is 0 Å². The van der Waals surface area contributed by atoms with Crippen LogP contribution in [0.15, 0.2) is 43.0 Å². The average molecular weight is 1150 g/mol. The molecule has 29 heteroatoms. The zero-order chi connectivity index (χ0) is 60.7. The number of thioether (sulfide) groups is 1. The molecule has 0 aliphatic carbocycles. The molecular formula is C52H79N15O13S. The summed E-state index contributed by atoms with van der Waals surface area (Å²) < 4.78 is 5.24. The highest BCUT2D eigenvalue weighted by Gasteiger charge is 2.35. The zero-order valence-corrected chi connectivity index (χ0v) is 47.9. The van der Waals surface area contributed by atoms with Gasteiger partial charge in [-0.2, -0.15) is 11.8 Å². The number of carbonyl (C=O) groups is 12. The van der Waals surface area contributed by atoms with Crippen LogP contribution in [-0.2, 0) is 70.3 Å². The number of para-hydroxylation sites is 1. The van der Waals surface area contributed by atoms with Crippen molar-refractivity contribution in [3.8, 4) is 0 Å². The summed E-state index contributed by atoms with van der Waals surface area (Å²) in [5, 5.41) is 23.4. The number of aromatic nitrogens is 3. The lowest BCUT2D eigenvalue weighted by molar-refractivity contribution is -0.137. The van der Waals surface area contributed by atoms with E-state index in [2.05, 4.69) is 62.8 Å². The number of carbonyl (C=O) groups excluding carboxylic acids is 12. The Kier molecular flexibility index (Phi) is 26.6. The number of rotatable bonds is 33. The number of fused-ring (bicyclic) bond motifs is 1. The molecule has 446 valence electrons. The number of aromatic amines is 2. The Labute approximate surface area is 473 Å². The van der Waals surface area contributed by atoms with Gasteiger partial charge in [0.2, 0.25) is 65.0 Å². The van der Waals surface area contributed by atoms with Crippen LogP contribution in [0.1, 0.15) is 98.8 Å². The fraction of sp³-hybridized carbons (Fsp3) is 0.558.